The highest BCUT2D eigenvalue weighted by molar-refractivity contribution is 9.10. The third-order valence-corrected chi connectivity index (χ3v) is 3.33. The first-order valence-corrected chi connectivity index (χ1v) is 6.46. The summed E-state index contributed by atoms with van der Waals surface area (Å²) in [5, 5.41) is 12.7. The molecular formula is C12H9BrClN3O2. The number of hydrogen-bond donors (Lipinski definition) is 2. The zero-order valence-corrected chi connectivity index (χ0v) is 11.9. The van der Waals surface area contributed by atoms with Crippen molar-refractivity contribution in [2.24, 2.45) is 0 Å². The van der Waals surface area contributed by atoms with Crippen molar-refractivity contribution in [3.63, 3.8) is 0 Å². The molecule has 0 saturated carbocycles. The summed E-state index contributed by atoms with van der Waals surface area (Å²) in [6.45, 7) is 0.267. The molecule has 2 rings (SSSR count). The van der Waals surface area contributed by atoms with Crippen molar-refractivity contribution in [3.8, 4) is 0 Å². The summed E-state index contributed by atoms with van der Waals surface area (Å²) in [4.78, 5) is 18.7. The van der Waals surface area contributed by atoms with Crippen LogP contribution in [0.15, 0.2) is 35.2 Å². The predicted molar refractivity (Wildman–Crippen MR) is 75.5 cm³/mol. The Morgan fingerprint density at radius 2 is 2.26 bits per heavy atom. The van der Waals surface area contributed by atoms with Gasteiger partial charge in [0.05, 0.1) is 17.9 Å². The lowest BCUT2D eigenvalue weighted by molar-refractivity contribution is 0.0694. The fraction of sp³-hybridized carbons (Fsp3) is 0.0833. The third-order valence-electron chi connectivity index (χ3n) is 2.40. The molecule has 0 saturated heterocycles. The van der Waals surface area contributed by atoms with Crippen LogP contribution in [-0.4, -0.2) is 21.0 Å². The van der Waals surface area contributed by atoms with Crippen LogP contribution in [0.25, 0.3) is 0 Å². The van der Waals surface area contributed by atoms with E-state index in [1.54, 1.807) is 12.1 Å². The Kier molecular flexibility index (Phi) is 4.34. The van der Waals surface area contributed by atoms with E-state index in [1.165, 1.54) is 12.5 Å². The van der Waals surface area contributed by atoms with Crippen LogP contribution in [0.5, 0.6) is 0 Å². The van der Waals surface area contributed by atoms with Gasteiger partial charge in [0.25, 0.3) is 0 Å². The lowest BCUT2D eigenvalue weighted by atomic mass is 10.2. The quantitative estimate of drug-likeness (QED) is 0.892. The number of aromatic carboxylic acids is 1. The molecule has 0 unspecified atom stereocenters. The molecule has 0 amide bonds. The van der Waals surface area contributed by atoms with Crippen LogP contribution in [0.4, 0.5) is 5.69 Å². The largest absolute Gasteiger partial charge is 0.478 e. The summed E-state index contributed by atoms with van der Waals surface area (Å²) in [5.74, 6) is -1.05. The highest BCUT2D eigenvalue weighted by Crippen LogP contribution is 2.26. The molecule has 2 aromatic rings. The van der Waals surface area contributed by atoms with Gasteiger partial charge in [0, 0.05) is 15.7 Å². The van der Waals surface area contributed by atoms with Crippen molar-refractivity contribution in [3.05, 3.63) is 51.5 Å². The normalized spacial score (nSPS) is 10.2. The molecule has 1 aromatic carbocycles. The minimum Gasteiger partial charge on any atom is -0.478 e. The molecule has 1 aromatic heterocycles. The SMILES string of the molecule is O=C(O)c1cncnc1CNc1cc(Cl)ccc1Br. The molecule has 2 N–H and O–H groups in total. The first-order chi connectivity index (χ1) is 9.08. The molecule has 0 radical (unpaired) electrons. The molecule has 0 aliphatic heterocycles. The van der Waals surface area contributed by atoms with Crippen LogP contribution in [-0.2, 0) is 6.54 Å². The molecule has 0 spiro atoms. The minimum absolute atomic E-state index is 0.0770. The zero-order chi connectivity index (χ0) is 13.8. The summed E-state index contributed by atoms with van der Waals surface area (Å²) in [7, 11) is 0. The van der Waals surface area contributed by atoms with Crippen molar-refractivity contribution < 1.29 is 9.90 Å². The van der Waals surface area contributed by atoms with Crippen LogP contribution in [0, 0.1) is 0 Å². The van der Waals surface area contributed by atoms with Gasteiger partial charge in [-0.2, -0.15) is 0 Å². The maximum absolute atomic E-state index is 11.0. The van der Waals surface area contributed by atoms with E-state index in [-0.39, 0.29) is 12.1 Å². The van der Waals surface area contributed by atoms with Gasteiger partial charge in [-0.25, -0.2) is 14.8 Å². The van der Waals surface area contributed by atoms with Gasteiger partial charge in [0.15, 0.2) is 0 Å². The standard InChI is InChI=1S/C12H9BrClN3O2/c13-9-2-1-7(14)3-10(9)16-5-11-8(12(18)19)4-15-6-17-11/h1-4,6,16H,5H2,(H,18,19). The van der Waals surface area contributed by atoms with E-state index in [0.717, 1.165) is 10.2 Å². The van der Waals surface area contributed by atoms with E-state index in [2.05, 4.69) is 31.2 Å². The van der Waals surface area contributed by atoms with E-state index in [4.69, 9.17) is 16.7 Å². The molecule has 0 atom stereocenters. The molecule has 5 nitrogen and oxygen atoms in total. The maximum atomic E-state index is 11.0. The number of carboxylic acids is 1. The number of nitrogens with one attached hydrogen (secondary N) is 1. The second-order valence-corrected chi connectivity index (χ2v) is 4.96. The highest BCUT2D eigenvalue weighted by Gasteiger charge is 2.11. The average Bonchev–Trinajstić information content (AvgIpc) is 2.40. The van der Waals surface area contributed by atoms with Crippen LogP contribution < -0.4 is 5.32 Å². The lowest BCUT2D eigenvalue weighted by Crippen LogP contribution is -2.10. The van der Waals surface area contributed by atoms with Crippen molar-refractivity contribution >= 4 is 39.2 Å². The van der Waals surface area contributed by atoms with E-state index >= 15 is 0 Å². The maximum Gasteiger partial charge on any atom is 0.339 e. The van der Waals surface area contributed by atoms with Gasteiger partial charge in [-0.1, -0.05) is 11.6 Å². The fourth-order valence-electron chi connectivity index (χ4n) is 1.49. The fourth-order valence-corrected chi connectivity index (χ4v) is 2.05. The lowest BCUT2D eigenvalue weighted by Gasteiger charge is -2.09. The van der Waals surface area contributed by atoms with Crippen molar-refractivity contribution in [2.75, 3.05) is 5.32 Å². The molecular weight excluding hydrogens is 334 g/mol. The number of rotatable bonds is 4. The van der Waals surface area contributed by atoms with Crippen LogP contribution in [0.2, 0.25) is 5.02 Å². The molecule has 0 aliphatic carbocycles. The minimum atomic E-state index is -1.05. The summed E-state index contributed by atoms with van der Waals surface area (Å²) < 4.78 is 0.836. The molecule has 98 valence electrons. The zero-order valence-electron chi connectivity index (χ0n) is 9.60. The highest BCUT2D eigenvalue weighted by atomic mass is 79.9. The van der Waals surface area contributed by atoms with E-state index in [1.807, 2.05) is 6.07 Å². The first-order valence-electron chi connectivity index (χ1n) is 5.29. The number of benzene rings is 1. The van der Waals surface area contributed by atoms with E-state index in [9.17, 15) is 4.79 Å². The van der Waals surface area contributed by atoms with Gasteiger partial charge in [-0.3, -0.25) is 0 Å². The number of carbonyl (C=O) groups is 1. The smallest absolute Gasteiger partial charge is 0.339 e. The predicted octanol–water partition coefficient (Wildman–Crippen LogP) is 3.20. The number of carboxylic acid groups (broad SMARTS) is 1. The van der Waals surface area contributed by atoms with Gasteiger partial charge in [0.2, 0.25) is 0 Å². The van der Waals surface area contributed by atoms with Gasteiger partial charge in [-0.15, -0.1) is 0 Å². The number of nitrogens with zero attached hydrogens (tertiary/aromatic N) is 2. The summed E-state index contributed by atoms with van der Waals surface area (Å²) in [5.41, 5.74) is 1.25. The number of halogens is 2. The molecule has 0 fully saturated rings. The first kappa shape index (κ1) is 13.8. The Balaban J connectivity index is 2.19. The summed E-state index contributed by atoms with van der Waals surface area (Å²) in [6.07, 6.45) is 2.59. The Morgan fingerprint density at radius 1 is 1.47 bits per heavy atom. The summed E-state index contributed by atoms with van der Waals surface area (Å²) >= 11 is 9.28. The molecule has 7 heteroatoms. The van der Waals surface area contributed by atoms with Gasteiger partial charge >= 0.3 is 5.97 Å². The van der Waals surface area contributed by atoms with E-state index in [0.29, 0.717) is 10.7 Å². The number of hydrogen-bond acceptors (Lipinski definition) is 4. The van der Waals surface area contributed by atoms with Crippen molar-refractivity contribution in [2.45, 2.75) is 6.54 Å². The van der Waals surface area contributed by atoms with Gasteiger partial charge < -0.3 is 10.4 Å². The monoisotopic (exact) mass is 341 g/mol. The van der Waals surface area contributed by atoms with E-state index < -0.39 is 5.97 Å². The van der Waals surface area contributed by atoms with Crippen LogP contribution in [0.1, 0.15) is 16.1 Å². The molecule has 19 heavy (non-hydrogen) atoms. The van der Waals surface area contributed by atoms with Crippen LogP contribution >= 0.6 is 27.5 Å². The number of anilines is 1. The second-order valence-electron chi connectivity index (χ2n) is 3.67. The Morgan fingerprint density at radius 3 is 3.00 bits per heavy atom. The van der Waals surface area contributed by atoms with Crippen molar-refractivity contribution in [1.82, 2.24) is 9.97 Å². The van der Waals surface area contributed by atoms with Gasteiger partial charge in [0.1, 0.15) is 11.9 Å². The van der Waals surface area contributed by atoms with Gasteiger partial charge in [-0.05, 0) is 34.1 Å². The molecule has 0 aliphatic rings. The topological polar surface area (TPSA) is 75.1 Å². The Labute approximate surface area is 122 Å². The Hall–Kier alpha value is -1.66. The Bertz CT molecular complexity index is 622. The van der Waals surface area contributed by atoms with Crippen LogP contribution in [0.3, 0.4) is 0 Å². The van der Waals surface area contributed by atoms with Crippen molar-refractivity contribution in [1.29, 1.82) is 0 Å². The third kappa shape index (κ3) is 3.42. The molecule has 0 bridgehead atoms. The molecule has 1 heterocycles. The number of aromatic nitrogens is 2. The summed E-state index contributed by atoms with van der Waals surface area (Å²) in [6, 6.07) is 5.31. The average molecular weight is 343 g/mol. The second kappa shape index (κ2) is 5.99.